The molecule has 0 saturated heterocycles. The number of hydrogen-bond acceptors (Lipinski definition) is 3. The molecule has 0 radical (unpaired) electrons. The maximum atomic E-state index is 10.7. The Balaban J connectivity index is 2.25. The van der Waals surface area contributed by atoms with Crippen molar-refractivity contribution in [1.82, 2.24) is 0 Å². The number of hydrogen-bond donors (Lipinski definition) is 0. The zero-order valence-corrected chi connectivity index (χ0v) is 10.2. The highest BCUT2D eigenvalue weighted by atomic mass is 16.6. The van der Waals surface area contributed by atoms with E-state index in [1.165, 1.54) is 17.7 Å². The Morgan fingerprint density at radius 1 is 1.00 bits per heavy atom. The second-order valence-electron chi connectivity index (χ2n) is 4.10. The molecule has 2 rings (SSSR count). The van der Waals surface area contributed by atoms with Crippen molar-refractivity contribution < 1.29 is 9.66 Å². The molecule has 4 nitrogen and oxygen atoms in total. The number of rotatable bonds is 3. The van der Waals surface area contributed by atoms with E-state index >= 15 is 0 Å². The molecule has 0 heterocycles. The molecule has 0 aliphatic carbocycles. The fourth-order valence-corrected chi connectivity index (χ4v) is 1.57. The smallest absolute Gasteiger partial charge is 0.273 e. The Bertz CT molecular complexity index is 593. The van der Waals surface area contributed by atoms with E-state index in [0.717, 1.165) is 5.56 Å². The Kier molecular flexibility index (Phi) is 3.28. The van der Waals surface area contributed by atoms with Gasteiger partial charge in [-0.15, -0.1) is 0 Å². The molecule has 2 aromatic carbocycles. The lowest BCUT2D eigenvalue weighted by Crippen LogP contribution is -1.90. The van der Waals surface area contributed by atoms with Gasteiger partial charge in [0.1, 0.15) is 11.5 Å². The summed E-state index contributed by atoms with van der Waals surface area (Å²) in [6, 6.07) is 11.9. The van der Waals surface area contributed by atoms with E-state index in [1.54, 1.807) is 12.1 Å². The molecular weight excluding hydrogens is 230 g/mol. The first-order chi connectivity index (χ1) is 8.56. The fraction of sp³-hybridized carbons (Fsp3) is 0.143. The minimum Gasteiger partial charge on any atom is -0.457 e. The molecule has 0 atom stereocenters. The molecule has 0 aromatic heterocycles. The summed E-state index contributed by atoms with van der Waals surface area (Å²) in [6.45, 7) is 4.02. The second-order valence-corrected chi connectivity index (χ2v) is 4.10. The molecule has 18 heavy (non-hydrogen) atoms. The Labute approximate surface area is 105 Å². The number of ether oxygens (including phenoxy) is 1. The third-order valence-electron chi connectivity index (χ3n) is 2.74. The van der Waals surface area contributed by atoms with Gasteiger partial charge in [0, 0.05) is 6.07 Å². The molecule has 0 saturated carbocycles. The predicted octanol–water partition coefficient (Wildman–Crippen LogP) is 4.00. The molecule has 0 amide bonds. The van der Waals surface area contributed by atoms with Crippen molar-refractivity contribution in [1.29, 1.82) is 0 Å². The van der Waals surface area contributed by atoms with Gasteiger partial charge in [0.05, 0.1) is 11.0 Å². The fourth-order valence-electron chi connectivity index (χ4n) is 1.57. The van der Waals surface area contributed by atoms with Crippen LogP contribution in [-0.2, 0) is 0 Å². The summed E-state index contributed by atoms with van der Waals surface area (Å²) in [4.78, 5) is 10.2. The van der Waals surface area contributed by atoms with E-state index in [2.05, 4.69) is 0 Å². The molecule has 0 bridgehead atoms. The average molecular weight is 243 g/mol. The maximum Gasteiger partial charge on any atom is 0.273 e. The monoisotopic (exact) mass is 243 g/mol. The van der Waals surface area contributed by atoms with E-state index in [0.29, 0.717) is 11.5 Å². The lowest BCUT2D eigenvalue weighted by atomic mass is 10.1. The van der Waals surface area contributed by atoms with Crippen LogP contribution in [-0.4, -0.2) is 4.92 Å². The lowest BCUT2D eigenvalue weighted by Gasteiger charge is -2.07. The topological polar surface area (TPSA) is 52.4 Å². The summed E-state index contributed by atoms with van der Waals surface area (Å²) in [6.07, 6.45) is 0. The van der Waals surface area contributed by atoms with Crippen LogP contribution in [0.4, 0.5) is 5.69 Å². The van der Waals surface area contributed by atoms with Gasteiger partial charge in [-0.25, -0.2) is 0 Å². The Morgan fingerprint density at radius 3 is 2.39 bits per heavy atom. The van der Waals surface area contributed by atoms with Gasteiger partial charge in [-0.1, -0.05) is 12.1 Å². The highest BCUT2D eigenvalue weighted by Crippen LogP contribution is 2.26. The molecule has 0 aliphatic heterocycles. The van der Waals surface area contributed by atoms with Crippen molar-refractivity contribution in [2.75, 3.05) is 0 Å². The van der Waals surface area contributed by atoms with Crippen molar-refractivity contribution in [2.24, 2.45) is 0 Å². The quantitative estimate of drug-likeness (QED) is 0.604. The molecule has 0 fully saturated rings. The van der Waals surface area contributed by atoms with Crippen LogP contribution in [0, 0.1) is 24.0 Å². The number of non-ortho nitro benzene ring substituents is 1. The van der Waals surface area contributed by atoms with E-state index in [-0.39, 0.29) is 5.69 Å². The summed E-state index contributed by atoms with van der Waals surface area (Å²) in [5, 5.41) is 10.7. The predicted molar refractivity (Wildman–Crippen MR) is 69.1 cm³/mol. The number of nitro groups is 1. The first-order valence-corrected chi connectivity index (χ1v) is 5.56. The van der Waals surface area contributed by atoms with Crippen LogP contribution in [0.15, 0.2) is 42.5 Å². The van der Waals surface area contributed by atoms with Crippen molar-refractivity contribution in [3.05, 3.63) is 63.7 Å². The van der Waals surface area contributed by atoms with Gasteiger partial charge >= 0.3 is 0 Å². The summed E-state index contributed by atoms with van der Waals surface area (Å²) in [5.41, 5.74) is 2.33. The summed E-state index contributed by atoms with van der Waals surface area (Å²) in [7, 11) is 0. The standard InChI is InChI=1S/C14H13NO3/c1-10-6-7-14(8-11(10)2)18-13-5-3-4-12(9-13)15(16)17/h3-9H,1-2H3. The van der Waals surface area contributed by atoms with E-state index in [1.807, 2.05) is 32.0 Å². The maximum absolute atomic E-state index is 10.7. The molecule has 0 unspecified atom stereocenters. The zero-order valence-electron chi connectivity index (χ0n) is 10.2. The van der Waals surface area contributed by atoms with Gasteiger partial charge in [0.2, 0.25) is 0 Å². The van der Waals surface area contributed by atoms with Crippen molar-refractivity contribution in [2.45, 2.75) is 13.8 Å². The van der Waals surface area contributed by atoms with Crippen LogP contribution in [0.3, 0.4) is 0 Å². The number of aryl methyl sites for hydroxylation is 2. The minimum atomic E-state index is -0.437. The van der Waals surface area contributed by atoms with Gasteiger partial charge in [-0.2, -0.15) is 0 Å². The van der Waals surface area contributed by atoms with Gasteiger partial charge in [-0.05, 0) is 43.2 Å². The van der Waals surface area contributed by atoms with Crippen molar-refractivity contribution >= 4 is 5.69 Å². The van der Waals surface area contributed by atoms with Gasteiger partial charge in [0.25, 0.3) is 5.69 Å². The molecule has 0 spiro atoms. The summed E-state index contributed by atoms with van der Waals surface area (Å²) in [5.74, 6) is 1.14. The summed E-state index contributed by atoms with van der Waals surface area (Å²) >= 11 is 0. The third-order valence-corrected chi connectivity index (χ3v) is 2.74. The molecule has 0 N–H and O–H groups in total. The SMILES string of the molecule is Cc1ccc(Oc2cccc([N+](=O)[O-])c2)cc1C. The van der Waals surface area contributed by atoms with E-state index in [4.69, 9.17) is 4.74 Å². The van der Waals surface area contributed by atoms with Crippen LogP contribution in [0.5, 0.6) is 11.5 Å². The average Bonchev–Trinajstić information content (AvgIpc) is 2.34. The minimum absolute atomic E-state index is 0.0244. The highest BCUT2D eigenvalue weighted by Gasteiger charge is 2.07. The molecular formula is C14H13NO3. The number of nitro benzene ring substituents is 1. The Hall–Kier alpha value is -2.36. The first kappa shape index (κ1) is 12.1. The van der Waals surface area contributed by atoms with E-state index in [9.17, 15) is 10.1 Å². The lowest BCUT2D eigenvalue weighted by molar-refractivity contribution is -0.384. The number of nitrogens with zero attached hydrogens (tertiary/aromatic N) is 1. The van der Waals surface area contributed by atoms with Crippen LogP contribution < -0.4 is 4.74 Å². The largest absolute Gasteiger partial charge is 0.457 e. The van der Waals surface area contributed by atoms with Crippen molar-refractivity contribution in [3.8, 4) is 11.5 Å². The normalized spacial score (nSPS) is 10.1. The third kappa shape index (κ3) is 2.66. The van der Waals surface area contributed by atoms with Crippen molar-refractivity contribution in [3.63, 3.8) is 0 Å². The van der Waals surface area contributed by atoms with Gasteiger partial charge < -0.3 is 4.74 Å². The van der Waals surface area contributed by atoms with Crippen LogP contribution in [0.2, 0.25) is 0 Å². The Morgan fingerprint density at radius 2 is 1.72 bits per heavy atom. The molecule has 0 aliphatic rings. The van der Waals surface area contributed by atoms with Gasteiger partial charge in [0.15, 0.2) is 0 Å². The second kappa shape index (κ2) is 4.87. The van der Waals surface area contributed by atoms with E-state index < -0.39 is 4.92 Å². The number of benzene rings is 2. The van der Waals surface area contributed by atoms with Crippen LogP contribution in [0.25, 0.3) is 0 Å². The van der Waals surface area contributed by atoms with Crippen LogP contribution >= 0.6 is 0 Å². The molecule has 92 valence electrons. The summed E-state index contributed by atoms with van der Waals surface area (Å²) < 4.78 is 5.60. The first-order valence-electron chi connectivity index (χ1n) is 5.56. The van der Waals surface area contributed by atoms with Gasteiger partial charge in [-0.3, -0.25) is 10.1 Å². The molecule has 4 heteroatoms. The highest BCUT2D eigenvalue weighted by molar-refractivity contribution is 5.42. The zero-order chi connectivity index (χ0) is 13.1. The van der Waals surface area contributed by atoms with Crippen LogP contribution in [0.1, 0.15) is 11.1 Å². The molecule has 2 aromatic rings.